The average Bonchev–Trinajstić information content (AvgIpc) is 3.23. The van der Waals surface area contributed by atoms with E-state index in [2.05, 4.69) is 22.5 Å². The highest BCUT2D eigenvalue weighted by atomic mass is 127. The first kappa shape index (κ1) is 24.9. The summed E-state index contributed by atoms with van der Waals surface area (Å²) < 4.78 is 11.4. The van der Waals surface area contributed by atoms with Crippen LogP contribution in [0.3, 0.4) is 0 Å². The van der Waals surface area contributed by atoms with Gasteiger partial charge in [0, 0.05) is 38.3 Å². The first-order valence-corrected chi connectivity index (χ1v) is 10.7. The molecule has 2 fully saturated rings. The lowest BCUT2D eigenvalue weighted by Gasteiger charge is -2.35. The molecule has 3 rings (SSSR count). The lowest BCUT2D eigenvalue weighted by atomic mass is 10.1. The van der Waals surface area contributed by atoms with Crippen molar-refractivity contribution in [2.24, 2.45) is 4.99 Å². The summed E-state index contributed by atoms with van der Waals surface area (Å²) in [6.07, 6.45) is 2.65. The first-order chi connectivity index (χ1) is 14.0. The Bertz CT molecular complexity index is 682. The van der Waals surface area contributed by atoms with E-state index in [1.807, 2.05) is 43.0 Å². The molecule has 0 saturated carbocycles. The molecule has 1 aromatic carbocycles. The van der Waals surface area contributed by atoms with Crippen LogP contribution in [0.1, 0.15) is 49.5 Å². The second-order valence-electron chi connectivity index (χ2n) is 7.88. The predicted octanol–water partition coefficient (Wildman–Crippen LogP) is 2.79. The highest BCUT2D eigenvalue weighted by Crippen LogP contribution is 2.15. The Morgan fingerprint density at radius 2 is 1.87 bits per heavy atom. The van der Waals surface area contributed by atoms with Gasteiger partial charge >= 0.3 is 0 Å². The van der Waals surface area contributed by atoms with Gasteiger partial charge in [-0.3, -0.25) is 4.79 Å². The second kappa shape index (κ2) is 12.5. The molecule has 0 bridgehead atoms. The maximum absolute atomic E-state index is 12.8. The summed E-state index contributed by atoms with van der Waals surface area (Å²) >= 11 is 0. The summed E-state index contributed by atoms with van der Waals surface area (Å²) in [7, 11) is 0. The Balaban J connectivity index is 0.00000320. The topological polar surface area (TPSA) is 75.2 Å². The van der Waals surface area contributed by atoms with Gasteiger partial charge in [-0.1, -0.05) is 12.1 Å². The van der Waals surface area contributed by atoms with E-state index in [-0.39, 0.29) is 48.2 Å². The van der Waals surface area contributed by atoms with Crippen LogP contribution in [0, 0.1) is 0 Å². The molecule has 0 aromatic heterocycles. The minimum Gasteiger partial charge on any atom is -0.376 e. The van der Waals surface area contributed by atoms with E-state index in [0.717, 1.165) is 44.1 Å². The van der Waals surface area contributed by atoms with Crippen molar-refractivity contribution in [3.05, 3.63) is 35.4 Å². The number of hydrogen-bond donors (Lipinski definition) is 2. The van der Waals surface area contributed by atoms with Gasteiger partial charge in [-0.2, -0.15) is 0 Å². The summed E-state index contributed by atoms with van der Waals surface area (Å²) in [5.74, 6) is 0.855. The molecule has 1 aromatic rings. The third-order valence-corrected chi connectivity index (χ3v) is 5.19. The van der Waals surface area contributed by atoms with Crippen molar-refractivity contribution >= 4 is 35.8 Å². The summed E-state index contributed by atoms with van der Waals surface area (Å²) in [6, 6.07) is 7.75. The molecule has 0 radical (unpaired) electrons. The molecule has 2 heterocycles. The number of morpholine rings is 1. The van der Waals surface area contributed by atoms with Crippen LogP contribution in [0.4, 0.5) is 0 Å². The third kappa shape index (κ3) is 7.39. The van der Waals surface area contributed by atoms with Crippen molar-refractivity contribution in [1.29, 1.82) is 0 Å². The Morgan fingerprint density at radius 3 is 2.47 bits per heavy atom. The molecule has 8 heteroatoms. The molecule has 3 unspecified atom stereocenters. The molecule has 1 amide bonds. The number of benzene rings is 1. The Morgan fingerprint density at radius 1 is 1.17 bits per heavy atom. The van der Waals surface area contributed by atoms with E-state index in [1.165, 1.54) is 0 Å². The fraction of sp³-hybridized carbons (Fsp3) is 0.636. The smallest absolute Gasteiger partial charge is 0.254 e. The fourth-order valence-corrected chi connectivity index (χ4v) is 3.81. The number of hydrogen-bond acceptors (Lipinski definition) is 4. The zero-order chi connectivity index (χ0) is 20.6. The molecule has 3 atom stereocenters. The normalized spacial score (nSPS) is 24.3. The number of carbonyl (C=O) groups excluding carboxylic acids is 1. The van der Waals surface area contributed by atoms with Gasteiger partial charge < -0.3 is 25.0 Å². The minimum absolute atomic E-state index is 0. The molecule has 0 aliphatic carbocycles. The van der Waals surface area contributed by atoms with Crippen molar-refractivity contribution in [3.63, 3.8) is 0 Å². The summed E-state index contributed by atoms with van der Waals surface area (Å²) in [6.45, 7) is 10.3. The van der Waals surface area contributed by atoms with Gasteiger partial charge in [-0.25, -0.2) is 4.99 Å². The predicted molar refractivity (Wildman–Crippen MR) is 130 cm³/mol. The van der Waals surface area contributed by atoms with Crippen LogP contribution in [0.15, 0.2) is 29.3 Å². The summed E-state index contributed by atoms with van der Waals surface area (Å²) in [5, 5.41) is 6.62. The van der Waals surface area contributed by atoms with E-state index in [0.29, 0.717) is 25.2 Å². The Hall–Kier alpha value is -1.39. The van der Waals surface area contributed by atoms with Gasteiger partial charge in [0.1, 0.15) is 0 Å². The van der Waals surface area contributed by atoms with Crippen LogP contribution in [0.2, 0.25) is 0 Å². The van der Waals surface area contributed by atoms with Crippen LogP contribution in [0.5, 0.6) is 0 Å². The maximum atomic E-state index is 12.8. The second-order valence-corrected chi connectivity index (χ2v) is 7.88. The van der Waals surface area contributed by atoms with Crippen LogP contribution in [0.25, 0.3) is 0 Å². The summed E-state index contributed by atoms with van der Waals surface area (Å²) in [4.78, 5) is 19.3. The van der Waals surface area contributed by atoms with E-state index >= 15 is 0 Å². The van der Waals surface area contributed by atoms with Gasteiger partial charge in [-0.15, -0.1) is 24.0 Å². The molecular weight excluding hydrogens is 495 g/mol. The van der Waals surface area contributed by atoms with E-state index in [4.69, 9.17) is 9.47 Å². The highest BCUT2D eigenvalue weighted by Gasteiger charge is 2.26. The molecule has 2 saturated heterocycles. The van der Waals surface area contributed by atoms with E-state index in [1.54, 1.807) is 0 Å². The molecule has 2 aliphatic rings. The fourth-order valence-electron chi connectivity index (χ4n) is 3.81. The number of ether oxygens (including phenoxy) is 2. The molecule has 2 aliphatic heterocycles. The SMILES string of the molecule is CCNC(=NCc1ccc(C(=O)N2CC(C)OC(C)C2)cc1)NCC1CCCO1.I. The lowest BCUT2D eigenvalue weighted by Crippen LogP contribution is -2.48. The standard InChI is InChI=1S/C22H34N4O3.HI/c1-4-23-22(25-13-20-6-5-11-28-20)24-12-18-7-9-19(10-8-18)21(27)26-14-16(2)29-17(3)15-26;/h7-10,16-17,20H,4-6,11-15H2,1-3H3,(H2,23,24,25);1H. The van der Waals surface area contributed by atoms with Crippen LogP contribution < -0.4 is 10.6 Å². The molecular formula is C22H35IN4O3. The van der Waals surface area contributed by atoms with Gasteiger partial charge in [0.15, 0.2) is 5.96 Å². The van der Waals surface area contributed by atoms with Crippen LogP contribution in [-0.2, 0) is 16.0 Å². The number of rotatable bonds is 6. The number of aliphatic imine (C=N–C) groups is 1. The minimum atomic E-state index is 0. The van der Waals surface area contributed by atoms with Gasteiger partial charge in [0.05, 0.1) is 24.9 Å². The molecule has 2 N–H and O–H groups in total. The van der Waals surface area contributed by atoms with Gasteiger partial charge in [0.25, 0.3) is 5.91 Å². The zero-order valence-corrected chi connectivity index (χ0v) is 20.6. The average molecular weight is 530 g/mol. The van der Waals surface area contributed by atoms with Gasteiger partial charge in [-0.05, 0) is 51.3 Å². The molecule has 7 nitrogen and oxygen atoms in total. The van der Waals surface area contributed by atoms with Crippen LogP contribution >= 0.6 is 24.0 Å². The lowest BCUT2D eigenvalue weighted by molar-refractivity contribution is -0.0586. The van der Waals surface area contributed by atoms with Crippen molar-refractivity contribution in [2.75, 3.05) is 32.8 Å². The summed E-state index contributed by atoms with van der Waals surface area (Å²) in [5.41, 5.74) is 1.78. The van der Waals surface area contributed by atoms with Crippen molar-refractivity contribution in [2.45, 2.75) is 58.5 Å². The Labute approximate surface area is 197 Å². The first-order valence-electron chi connectivity index (χ1n) is 10.7. The number of amides is 1. The number of nitrogens with zero attached hydrogens (tertiary/aromatic N) is 2. The Kier molecular flexibility index (Phi) is 10.3. The quantitative estimate of drug-likeness (QED) is 0.336. The molecule has 0 spiro atoms. The highest BCUT2D eigenvalue weighted by molar-refractivity contribution is 14.0. The molecule has 168 valence electrons. The molecule has 30 heavy (non-hydrogen) atoms. The number of halogens is 1. The monoisotopic (exact) mass is 530 g/mol. The third-order valence-electron chi connectivity index (χ3n) is 5.19. The largest absolute Gasteiger partial charge is 0.376 e. The van der Waals surface area contributed by atoms with Crippen molar-refractivity contribution < 1.29 is 14.3 Å². The maximum Gasteiger partial charge on any atom is 0.254 e. The number of carbonyl (C=O) groups is 1. The zero-order valence-electron chi connectivity index (χ0n) is 18.2. The van der Waals surface area contributed by atoms with E-state index in [9.17, 15) is 4.79 Å². The number of nitrogens with one attached hydrogen (secondary N) is 2. The van der Waals surface area contributed by atoms with Crippen LogP contribution in [-0.4, -0.2) is 67.9 Å². The van der Waals surface area contributed by atoms with Gasteiger partial charge in [0.2, 0.25) is 0 Å². The number of guanidine groups is 1. The van der Waals surface area contributed by atoms with E-state index < -0.39 is 0 Å². The van der Waals surface area contributed by atoms with Crippen molar-refractivity contribution in [1.82, 2.24) is 15.5 Å². The van der Waals surface area contributed by atoms with Crippen molar-refractivity contribution in [3.8, 4) is 0 Å².